The molecule has 0 aromatic heterocycles. The highest BCUT2D eigenvalue weighted by atomic mass is 16.5. The molecule has 1 aromatic rings. The van der Waals surface area contributed by atoms with Crippen LogP contribution < -0.4 is 10.1 Å². The van der Waals surface area contributed by atoms with Crippen LogP contribution in [-0.4, -0.2) is 38.4 Å². The number of rotatable bonds is 6. The second-order valence-electron chi connectivity index (χ2n) is 4.65. The maximum atomic E-state index is 12.1. The zero-order valence-corrected chi connectivity index (χ0v) is 11.9. The molecule has 1 aliphatic rings. The Kier molecular flexibility index (Phi) is 5.24. The van der Waals surface area contributed by atoms with E-state index in [2.05, 4.69) is 5.32 Å². The van der Waals surface area contributed by atoms with Crippen molar-refractivity contribution in [1.82, 2.24) is 0 Å². The largest absolute Gasteiger partial charge is 0.497 e. The SMILES string of the molecule is CCOC(=O)C(Nc1ccc(OC)cc1)C1CCCO1. The fourth-order valence-electron chi connectivity index (χ4n) is 2.27. The van der Waals surface area contributed by atoms with Crippen molar-refractivity contribution >= 4 is 11.7 Å². The summed E-state index contributed by atoms with van der Waals surface area (Å²) in [5.41, 5.74) is 0.847. The molecular weight excluding hydrogens is 258 g/mol. The number of nitrogens with one attached hydrogen (secondary N) is 1. The Hall–Kier alpha value is -1.75. The summed E-state index contributed by atoms with van der Waals surface area (Å²) in [7, 11) is 1.62. The van der Waals surface area contributed by atoms with Gasteiger partial charge < -0.3 is 19.5 Å². The normalized spacial score (nSPS) is 19.4. The van der Waals surface area contributed by atoms with E-state index in [1.165, 1.54) is 0 Å². The fraction of sp³-hybridized carbons (Fsp3) is 0.533. The van der Waals surface area contributed by atoms with Gasteiger partial charge in [0.2, 0.25) is 0 Å². The number of benzene rings is 1. The maximum absolute atomic E-state index is 12.1. The van der Waals surface area contributed by atoms with E-state index in [1.807, 2.05) is 24.3 Å². The van der Waals surface area contributed by atoms with Crippen molar-refractivity contribution < 1.29 is 19.0 Å². The number of hydrogen-bond donors (Lipinski definition) is 1. The third-order valence-electron chi connectivity index (χ3n) is 3.29. The van der Waals surface area contributed by atoms with E-state index in [9.17, 15) is 4.79 Å². The number of carbonyl (C=O) groups excluding carboxylic acids is 1. The molecule has 2 rings (SSSR count). The van der Waals surface area contributed by atoms with Crippen LogP contribution in [0.1, 0.15) is 19.8 Å². The lowest BCUT2D eigenvalue weighted by Gasteiger charge is -2.23. The van der Waals surface area contributed by atoms with Crippen LogP contribution in [0.3, 0.4) is 0 Å². The van der Waals surface area contributed by atoms with Crippen molar-refractivity contribution in [3.63, 3.8) is 0 Å². The molecule has 1 fully saturated rings. The summed E-state index contributed by atoms with van der Waals surface area (Å²) in [6.45, 7) is 2.87. The molecule has 0 aliphatic carbocycles. The van der Waals surface area contributed by atoms with Crippen molar-refractivity contribution in [3.05, 3.63) is 24.3 Å². The van der Waals surface area contributed by atoms with Crippen LogP contribution in [0.2, 0.25) is 0 Å². The number of esters is 1. The van der Waals surface area contributed by atoms with Gasteiger partial charge in [0.1, 0.15) is 5.75 Å². The number of ether oxygens (including phenoxy) is 3. The van der Waals surface area contributed by atoms with Crippen molar-refractivity contribution in [1.29, 1.82) is 0 Å². The van der Waals surface area contributed by atoms with Gasteiger partial charge in [0.05, 0.1) is 19.8 Å². The van der Waals surface area contributed by atoms with Gasteiger partial charge in [-0.1, -0.05) is 0 Å². The van der Waals surface area contributed by atoms with E-state index >= 15 is 0 Å². The Labute approximate surface area is 119 Å². The molecule has 20 heavy (non-hydrogen) atoms. The van der Waals surface area contributed by atoms with Gasteiger partial charge in [-0.05, 0) is 44.0 Å². The molecule has 1 heterocycles. The van der Waals surface area contributed by atoms with Gasteiger partial charge in [0.25, 0.3) is 0 Å². The van der Waals surface area contributed by atoms with Crippen LogP contribution in [-0.2, 0) is 14.3 Å². The fourth-order valence-corrected chi connectivity index (χ4v) is 2.27. The van der Waals surface area contributed by atoms with Crippen LogP contribution >= 0.6 is 0 Å². The summed E-state index contributed by atoms with van der Waals surface area (Å²) in [5, 5.41) is 3.20. The van der Waals surface area contributed by atoms with E-state index in [-0.39, 0.29) is 12.1 Å². The molecule has 1 aromatic carbocycles. The smallest absolute Gasteiger partial charge is 0.331 e. The number of anilines is 1. The van der Waals surface area contributed by atoms with E-state index < -0.39 is 6.04 Å². The summed E-state index contributed by atoms with van der Waals surface area (Å²) in [4.78, 5) is 12.1. The Bertz CT molecular complexity index is 426. The van der Waals surface area contributed by atoms with E-state index in [4.69, 9.17) is 14.2 Å². The van der Waals surface area contributed by atoms with E-state index in [1.54, 1.807) is 14.0 Å². The lowest BCUT2D eigenvalue weighted by molar-refractivity contribution is -0.146. The average molecular weight is 279 g/mol. The standard InChI is InChI=1S/C15H21NO4/c1-3-19-15(17)14(13-5-4-10-20-13)16-11-6-8-12(18-2)9-7-11/h6-9,13-14,16H,3-5,10H2,1-2H3. The average Bonchev–Trinajstić information content (AvgIpc) is 2.99. The lowest BCUT2D eigenvalue weighted by atomic mass is 10.1. The van der Waals surface area contributed by atoms with Gasteiger partial charge in [-0.2, -0.15) is 0 Å². The predicted octanol–water partition coefficient (Wildman–Crippen LogP) is 2.22. The van der Waals surface area contributed by atoms with Gasteiger partial charge in [0, 0.05) is 12.3 Å². The summed E-state index contributed by atoms with van der Waals surface area (Å²) in [6, 6.07) is 6.98. The summed E-state index contributed by atoms with van der Waals surface area (Å²) < 4.78 is 15.9. The minimum Gasteiger partial charge on any atom is -0.497 e. The molecule has 0 spiro atoms. The minimum atomic E-state index is -0.467. The monoisotopic (exact) mass is 279 g/mol. The third-order valence-corrected chi connectivity index (χ3v) is 3.29. The Morgan fingerprint density at radius 1 is 1.45 bits per heavy atom. The first-order valence-corrected chi connectivity index (χ1v) is 6.93. The van der Waals surface area contributed by atoms with Crippen LogP contribution in [0.5, 0.6) is 5.75 Å². The highest BCUT2D eigenvalue weighted by Crippen LogP contribution is 2.22. The van der Waals surface area contributed by atoms with Crippen molar-refractivity contribution in [2.24, 2.45) is 0 Å². The first-order chi connectivity index (χ1) is 9.74. The second kappa shape index (κ2) is 7.14. The maximum Gasteiger partial charge on any atom is 0.331 e. The third kappa shape index (κ3) is 3.63. The first kappa shape index (κ1) is 14.7. The lowest BCUT2D eigenvalue weighted by Crippen LogP contribution is -2.41. The molecule has 110 valence electrons. The number of hydrogen-bond acceptors (Lipinski definition) is 5. The Morgan fingerprint density at radius 3 is 2.75 bits per heavy atom. The number of carbonyl (C=O) groups is 1. The Morgan fingerprint density at radius 2 is 2.20 bits per heavy atom. The summed E-state index contributed by atoms with van der Waals surface area (Å²) >= 11 is 0. The molecule has 5 nitrogen and oxygen atoms in total. The van der Waals surface area contributed by atoms with E-state index in [0.29, 0.717) is 13.2 Å². The zero-order valence-electron chi connectivity index (χ0n) is 11.9. The molecule has 2 unspecified atom stereocenters. The van der Waals surface area contributed by atoms with Crippen LogP contribution in [0.15, 0.2) is 24.3 Å². The molecule has 1 saturated heterocycles. The molecule has 0 bridgehead atoms. The van der Waals surface area contributed by atoms with Crippen LogP contribution in [0.4, 0.5) is 5.69 Å². The second-order valence-corrected chi connectivity index (χ2v) is 4.65. The summed E-state index contributed by atoms with van der Waals surface area (Å²) in [5.74, 6) is 0.510. The first-order valence-electron chi connectivity index (χ1n) is 6.93. The van der Waals surface area contributed by atoms with Gasteiger partial charge in [0.15, 0.2) is 6.04 Å². The molecule has 0 radical (unpaired) electrons. The molecule has 0 amide bonds. The molecule has 1 aliphatic heterocycles. The van der Waals surface area contributed by atoms with Crippen molar-refractivity contribution in [2.45, 2.75) is 31.9 Å². The van der Waals surface area contributed by atoms with Gasteiger partial charge in [-0.25, -0.2) is 4.79 Å². The van der Waals surface area contributed by atoms with Gasteiger partial charge in [-0.3, -0.25) is 0 Å². The summed E-state index contributed by atoms with van der Waals surface area (Å²) in [6.07, 6.45) is 1.72. The van der Waals surface area contributed by atoms with Crippen molar-refractivity contribution in [2.75, 3.05) is 25.6 Å². The zero-order chi connectivity index (χ0) is 14.4. The molecular formula is C15H21NO4. The van der Waals surface area contributed by atoms with Crippen molar-refractivity contribution in [3.8, 4) is 5.75 Å². The van der Waals surface area contributed by atoms with Gasteiger partial charge >= 0.3 is 5.97 Å². The predicted molar refractivity (Wildman–Crippen MR) is 76.0 cm³/mol. The van der Waals surface area contributed by atoms with E-state index in [0.717, 1.165) is 24.3 Å². The molecule has 1 N–H and O–H groups in total. The van der Waals surface area contributed by atoms with Crippen LogP contribution in [0, 0.1) is 0 Å². The molecule has 2 atom stereocenters. The highest BCUT2D eigenvalue weighted by Gasteiger charge is 2.32. The molecule has 5 heteroatoms. The highest BCUT2D eigenvalue weighted by molar-refractivity contribution is 5.80. The van der Waals surface area contributed by atoms with Gasteiger partial charge in [-0.15, -0.1) is 0 Å². The minimum absolute atomic E-state index is 0.129. The number of methoxy groups -OCH3 is 1. The van der Waals surface area contributed by atoms with Crippen LogP contribution in [0.25, 0.3) is 0 Å². The quantitative estimate of drug-likeness (QED) is 0.809. The topological polar surface area (TPSA) is 56.8 Å². The Balaban J connectivity index is 2.07. The molecule has 0 saturated carbocycles.